The van der Waals surface area contributed by atoms with Crippen molar-refractivity contribution in [2.75, 3.05) is 6.54 Å². The van der Waals surface area contributed by atoms with Crippen LogP contribution in [-0.4, -0.2) is 16.3 Å². The summed E-state index contributed by atoms with van der Waals surface area (Å²) in [5.41, 5.74) is 2.62. The fraction of sp³-hybridized carbons (Fsp3) is 0.688. The van der Waals surface area contributed by atoms with E-state index in [9.17, 15) is 0 Å². The number of unbranched alkanes of at least 4 members (excludes halogenated alkanes) is 3. The van der Waals surface area contributed by atoms with Crippen LogP contribution in [0, 0.1) is 0 Å². The number of hydrogen-bond donors (Lipinski definition) is 1. The summed E-state index contributed by atoms with van der Waals surface area (Å²) < 4.78 is 1.94. The van der Waals surface area contributed by atoms with Crippen LogP contribution in [0.1, 0.15) is 63.3 Å². The maximum absolute atomic E-state index is 4.55. The Labute approximate surface area is 118 Å². The lowest BCUT2D eigenvalue weighted by Gasteiger charge is -2.17. The van der Waals surface area contributed by atoms with Gasteiger partial charge in [0.05, 0.1) is 5.69 Å². The predicted molar refractivity (Wildman–Crippen MR) is 82.3 cm³/mol. The monoisotopic (exact) mass is 263 g/mol. The zero-order valence-corrected chi connectivity index (χ0v) is 12.8. The first-order valence-electron chi connectivity index (χ1n) is 7.59. The summed E-state index contributed by atoms with van der Waals surface area (Å²) in [5.74, 6) is 0. The van der Waals surface area contributed by atoms with Gasteiger partial charge in [0.2, 0.25) is 0 Å². The molecule has 108 valence electrons. The molecule has 0 saturated carbocycles. The number of aryl methyl sites for hydroxylation is 2. The summed E-state index contributed by atoms with van der Waals surface area (Å²) in [5, 5.41) is 8.16. The molecule has 0 fully saturated rings. The van der Waals surface area contributed by atoms with Crippen molar-refractivity contribution in [3.8, 4) is 0 Å². The highest BCUT2D eigenvalue weighted by molar-refractivity contribution is 5.21. The minimum Gasteiger partial charge on any atom is -0.310 e. The van der Waals surface area contributed by atoms with Gasteiger partial charge in [-0.25, -0.2) is 0 Å². The van der Waals surface area contributed by atoms with Crippen molar-refractivity contribution in [1.29, 1.82) is 0 Å². The molecule has 0 radical (unpaired) electrons. The molecule has 19 heavy (non-hydrogen) atoms. The number of nitrogens with zero attached hydrogens (tertiary/aromatic N) is 2. The molecule has 1 unspecified atom stereocenters. The summed E-state index contributed by atoms with van der Waals surface area (Å²) in [4.78, 5) is 0. The lowest BCUT2D eigenvalue weighted by Crippen LogP contribution is -2.21. The van der Waals surface area contributed by atoms with E-state index in [1.165, 1.54) is 36.9 Å². The summed E-state index contributed by atoms with van der Waals surface area (Å²) in [6, 6.07) is 0.456. The van der Waals surface area contributed by atoms with E-state index in [1.807, 2.05) is 17.8 Å². The van der Waals surface area contributed by atoms with Gasteiger partial charge in [-0.3, -0.25) is 4.68 Å². The zero-order valence-electron chi connectivity index (χ0n) is 12.8. The second-order valence-electron chi connectivity index (χ2n) is 5.10. The SMILES string of the molecule is C=CCCCCCC(NCC)c1cn(C)nc1CC. The molecule has 0 aliphatic carbocycles. The quantitative estimate of drug-likeness (QED) is 0.514. The summed E-state index contributed by atoms with van der Waals surface area (Å²) in [7, 11) is 2.01. The van der Waals surface area contributed by atoms with E-state index in [0.29, 0.717) is 6.04 Å². The maximum atomic E-state index is 4.55. The van der Waals surface area contributed by atoms with Gasteiger partial charge in [0.1, 0.15) is 0 Å². The first-order chi connectivity index (χ1) is 9.22. The highest BCUT2D eigenvalue weighted by atomic mass is 15.3. The van der Waals surface area contributed by atoms with Gasteiger partial charge in [-0.05, 0) is 32.2 Å². The molecule has 0 saturated heterocycles. The molecule has 1 rings (SSSR count). The maximum Gasteiger partial charge on any atom is 0.0669 e. The van der Waals surface area contributed by atoms with Gasteiger partial charge >= 0.3 is 0 Å². The largest absolute Gasteiger partial charge is 0.310 e. The van der Waals surface area contributed by atoms with E-state index >= 15 is 0 Å². The summed E-state index contributed by atoms with van der Waals surface area (Å²) in [6.45, 7) is 9.13. The summed E-state index contributed by atoms with van der Waals surface area (Å²) >= 11 is 0. The fourth-order valence-electron chi connectivity index (χ4n) is 2.55. The molecule has 0 aliphatic heterocycles. The minimum atomic E-state index is 0.456. The van der Waals surface area contributed by atoms with E-state index in [0.717, 1.165) is 19.4 Å². The Morgan fingerprint density at radius 3 is 2.79 bits per heavy atom. The molecule has 1 heterocycles. The van der Waals surface area contributed by atoms with Gasteiger partial charge < -0.3 is 5.32 Å². The van der Waals surface area contributed by atoms with Crippen LogP contribution in [0.5, 0.6) is 0 Å². The topological polar surface area (TPSA) is 29.9 Å². The molecule has 0 bridgehead atoms. The van der Waals surface area contributed by atoms with Crippen LogP contribution in [0.15, 0.2) is 18.9 Å². The second kappa shape index (κ2) is 8.92. The van der Waals surface area contributed by atoms with Crippen LogP contribution in [0.2, 0.25) is 0 Å². The number of hydrogen-bond acceptors (Lipinski definition) is 2. The van der Waals surface area contributed by atoms with Crippen molar-refractivity contribution in [3.05, 3.63) is 30.1 Å². The van der Waals surface area contributed by atoms with E-state index in [2.05, 4.69) is 37.0 Å². The number of aromatic nitrogens is 2. The Morgan fingerprint density at radius 1 is 1.37 bits per heavy atom. The summed E-state index contributed by atoms with van der Waals surface area (Å²) in [6.07, 6.45) is 11.3. The molecule has 1 atom stereocenters. The minimum absolute atomic E-state index is 0.456. The number of nitrogens with one attached hydrogen (secondary N) is 1. The molecular formula is C16H29N3. The third kappa shape index (κ3) is 5.19. The van der Waals surface area contributed by atoms with Crippen molar-refractivity contribution < 1.29 is 0 Å². The van der Waals surface area contributed by atoms with Gasteiger partial charge in [-0.2, -0.15) is 5.10 Å². The number of allylic oxidation sites excluding steroid dienone is 1. The van der Waals surface area contributed by atoms with Gasteiger partial charge in [0.25, 0.3) is 0 Å². The van der Waals surface area contributed by atoms with Crippen molar-refractivity contribution in [1.82, 2.24) is 15.1 Å². The van der Waals surface area contributed by atoms with E-state index in [4.69, 9.17) is 0 Å². The first kappa shape index (κ1) is 16.0. The van der Waals surface area contributed by atoms with E-state index < -0.39 is 0 Å². The first-order valence-corrected chi connectivity index (χ1v) is 7.59. The molecule has 3 nitrogen and oxygen atoms in total. The van der Waals surface area contributed by atoms with E-state index in [1.54, 1.807) is 0 Å². The molecule has 3 heteroatoms. The Bertz CT molecular complexity index is 368. The normalized spacial score (nSPS) is 12.6. The standard InChI is InChI=1S/C16H29N3/c1-5-8-9-10-11-12-16(17-7-3)14-13-19(4)18-15(14)6-2/h5,13,16-17H,1,6-12H2,2-4H3. The Kier molecular flexibility index (Phi) is 7.49. The van der Waals surface area contributed by atoms with Gasteiger partial charge in [-0.1, -0.05) is 32.8 Å². The average molecular weight is 263 g/mol. The smallest absolute Gasteiger partial charge is 0.0669 e. The van der Waals surface area contributed by atoms with Crippen LogP contribution in [0.3, 0.4) is 0 Å². The molecule has 0 amide bonds. The number of rotatable bonds is 10. The van der Waals surface area contributed by atoms with Crippen LogP contribution in [-0.2, 0) is 13.5 Å². The molecule has 1 N–H and O–H groups in total. The molecule has 1 aromatic heterocycles. The van der Waals surface area contributed by atoms with Crippen LogP contribution < -0.4 is 5.32 Å². The average Bonchev–Trinajstić information content (AvgIpc) is 2.78. The molecule has 0 spiro atoms. The Morgan fingerprint density at radius 2 is 2.16 bits per heavy atom. The van der Waals surface area contributed by atoms with Crippen molar-refractivity contribution >= 4 is 0 Å². The third-order valence-corrected chi connectivity index (χ3v) is 3.50. The van der Waals surface area contributed by atoms with Crippen molar-refractivity contribution in [3.63, 3.8) is 0 Å². The predicted octanol–water partition coefficient (Wildman–Crippen LogP) is 3.77. The molecule has 0 aliphatic rings. The lowest BCUT2D eigenvalue weighted by atomic mass is 9.99. The highest BCUT2D eigenvalue weighted by Gasteiger charge is 2.16. The Hall–Kier alpha value is -1.09. The van der Waals surface area contributed by atoms with E-state index in [-0.39, 0.29) is 0 Å². The van der Waals surface area contributed by atoms with Crippen LogP contribution >= 0.6 is 0 Å². The zero-order chi connectivity index (χ0) is 14.1. The van der Waals surface area contributed by atoms with Gasteiger partial charge in [-0.15, -0.1) is 6.58 Å². The second-order valence-corrected chi connectivity index (χ2v) is 5.10. The van der Waals surface area contributed by atoms with Crippen molar-refractivity contribution in [2.24, 2.45) is 7.05 Å². The van der Waals surface area contributed by atoms with Crippen LogP contribution in [0.4, 0.5) is 0 Å². The Balaban J connectivity index is 2.57. The fourth-order valence-corrected chi connectivity index (χ4v) is 2.55. The highest BCUT2D eigenvalue weighted by Crippen LogP contribution is 2.23. The van der Waals surface area contributed by atoms with Gasteiger partial charge in [0, 0.05) is 24.8 Å². The van der Waals surface area contributed by atoms with Gasteiger partial charge in [0.15, 0.2) is 0 Å². The van der Waals surface area contributed by atoms with Crippen LogP contribution in [0.25, 0.3) is 0 Å². The lowest BCUT2D eigenvalue weighted by molar-refractivity contribution is 0.481. The molecule has 1 aromatic rings. The molecular weight excluding hydrogens is 234 g/mol. The van der Waals surface area contributed by atoms with Crippen molar-refractivity contribution in [2.45, 2.75) is 58.4 Å². The third-order valence-electron chi connectivity index (χ3n) is 3.50. The molecule has 0 aromatic carbocycles.